The number of nitrogens with zero attached hydrogens (tertiary/aromatic N) is 3. The number of carbonyl (C=O) groups excluding carboxylic acids is 1. The van der Waals surface area contributed by atoms with Crippen molar-refractivity contribution in [2.45, 2.75) is 37.8 Å². The maximum atomic E-state index is 14.3. The van der Waals surface area contributed by atoms with Crippen LogP contribution in [0.25, 0.3) is 0 Å². The first-order valence-corrected chi connectivity index (χ1v) is 12.4. The van der Waals surface area contributed by atoms with E-state index in [1.54, 1.807) is 42.8 Å². The number of thiazole rings is 1. The molecule has 9 nitrogen and oxygen atoms in total. The Morgan fingerprint density at radius 3 is 2.81 bits per heavy atom. The normalized spacial score (nSPS) is 21.9. The second-order valence-corrected chi connectivity index (χ2v) is 9.45. The van der Waals surface area contributed by atoms with E-state index in [2.05, 4.69) is 15.3 Å². The van der Waals surface area contributed by atoms with Gasteiger partial charge in [0, 0.05) is 35.1 Å². The van der Waals surface area contributed by atoms with Crippen LogP contribution >= 0.6 is 22.9 Å². The van der Waals surface area contributed by atoms with Crippen molar-refractivity contribution in [1.29, 1.82) is 0 Å². The first kappa shape index (κ1) is 26.0. The molecule has 0 spiro atoms. The van der Waals surface area contributed by atoms with E-state index in [1.807, 2.05) is 0 Å². The molecule has 0 radical (unpaired) electrons. The smallest absolute Gasteiger partial charge is 0.480 e. The van der Waals surface area contributed by atoms with Crippen molar-refractivity contribution in [3.63, 3.8) is 0 Å². The van der Waals surface area contributed by atoms with Gasteiger partial charge in [-0.1, -0.05) is 29.8 Å². The van der Waals surface area contributed by atoms with Crippen molar-refractivity contribution in [1.82, 2.24) is 15.2 Å². The summed E-state index contributed by atoms with van der Waals surface area (Å²) < 4.78 is 39.1. The molecule has 1 fully saturated rings. The number of ether oxygens (including phenoxy) is 2. The summed E-state index contributed by atoms with van der Waals surface area (Å²) in [4.78, 5) is 34.3. The fourth-order valence-corrected chi connectivity index (χ4v) is 4.91. The zero-order valence-electron chi connectivity index (χ0n) is 19.1. The van der Waals surface area contributed by atoms with Crippen molar-refractivity contribution in [3.8, 4) is 0 Å². The summed E-state index contributed by atoms with van der Waals surface area (Å²) in [6, 6.07) is 4.69. The number of aliphatic carboxylic acids is 1. The van der Waals surface area contributed by atoms with E-state index in [9.17, 15) is 23.5 Å². The molecular formula is C23H23ClF2N4O5S. The van der Waals surface area contributed by atoms with Gasteiger partial charge in [-0.2, -0.15) is 0 Å². The lowest BCUT2D eigenvalue weighted by molar-refractivity contribution is -0.151. The minimum atomic E-state index is -3.07. The SMILES string of the molecule is CCOC(=O)OC1=C(CN2CC(F)(F)CC[C@H]2C(=O)O)NC(c2nccs2)=N[C@@H]1c1ccccc1Cl. The van der Waals surface area contributed by atoms with Gasteiger partial charge in [0.2, 0.25) is 0 Å². The summed E-state index contributed by atoms with van der Waals surface area (Å²) in [6.45, 7) is 0.584. The molecule has 0 unspecified atom stereocenters. The molecule has 13 heteroatoms. The highest BCUT2D eigenvalue weighted by molar-refractivity contribution is 7.11. The van der Waals surface area contributed by atoms with Gasteiger partial charge in [0.05, 0.1) is 18.8 Å². The Morgan fingerprint density at radius 1 is 1.36 bits per heavy atom. The van der Waals surface area contributed by atoms with Gasteiger partial charge >= 0.3 is 12.1 Å². The Hall–Kier alpha value is -3.09. The van der Waals surface area contributed by atoms with Crippen LogP contribution in [0.5, 0.6) is 0 Å². The van der Waals surface area contributed by atoms with E-state index in [0.29, 0.717) is 21.4 Å². The predicted octanol–water partition coefficient (Wildman–Crippen LogP) is 4.46. The van der Waals surface area contributed by atoms with Crippen molar-refractivity contribution < 1.29 is 33.0 Å². The topological polar surface area (TPSA) is 113 Å². The van der Waals surface area contributed by atoms with E-state index in [-0.39, 0.29) is 31.0 Å². The molecule has 1 aromatic heterocycles. The lowest BCUT2D eigenvalue weighted by Crippen LogP contribution is -2.54. The number of alkyl halides is 2. The molecule has 2 atom stereocenters. The number of carboxylic acids is 1. The highest BCUT2D eigenvalue weighted by atomic mass is 35.5. The van der Waals surface area contributed by atoms with Gasteiger partial charge in [-0.15, -0.1) is 11.3 Å². The number of hydrogen-bond acceptors (Lipinski definition) is 9. The molecule has 36 heavy (non-hydrogen) atoms. The summed E-state index contributed by atoms with van der Waals surface area (Å²) in [6.07, 6.45) is -0.206. The van der Waals surface area contributed by atoms with Crippen LogP contribution in [0.4, 0.5) is 13.6 Å². The van der Waals surface area contributed by atoms with E-state index in [0.717, 1.165) is 4.90 Å². The molecule has 2 N–H and O–H groups in total. The van der Waals surface area contributed by atoms with Crippen LogP contribution in [-0.2, 0) is 14.3 Å². The van der Waals surface area contributed by atoms with E-state index in [4.69, 9.17) is 21.1 Å². The standard InChI is InChI=1S/C23H23ClF2N4O5S/c1-2-34-22(33)35-18-15(11-30-12-23(25,26)8-7-16(30)21(31)32)28-19(20-27-9-10-36-20)29-17(18)13-5-3-4-6-14(13)24/h3-6,9-10,16-17H,2,7-8,11-12H2,1H3,(H,28,29)(H,31,32)/t16-,17+/m0/s1. The molecule has 0 aliphatic carbocycles. The minimum Gasteiger partial charge on any atom is -0.480 e. The zero-order chi connectivity index (χ0) is 25.9. The summed E-state index contributed by atoms with van der Waals surface area (Å²) in [5.74, 6) is -4.01. The average Bonchev–Trinajstić information content (AvgIpc) is 3.35. The van der Waals surface area contributed by atoms with Gasteiger partial charge in [0.25, 0.3) is 5.92 Å². The predicted molar refractivity (Wildman–Crippen MR) is 128 cm³/mol. The van der Waals surface area contributed by atoms with Gasteiger partial charge in [0.1, 0.15) is 12.1 Å². The fourth-order valence-electron chi connectivity index (χ4n) is 4.08. The third-order valence-corrected chi connectivity index (χ3v) is 6.79. The summed E-state index contributed by atoms with van der Waals surface area (Å²) >= 11 is 7.74. The molecule has 2 aromatic rings. The van der Waals surface area contributed by atoms with Crippen LogP contribution in [0, 0.1) is 0 Å². The van der Waals surface area contributed by atoms with Crippen LogP contribution < -0.4 is 5.32 Å². The number of aliphatic imine (C=N–C) groups is 1. The maximum absolute atomic E-state index is 14.3. The number of piperidine rings is 1. The molecule has 192 valence electrons. The highest BCUT2D eigenvalue weighted by Gasteiger charge is 2.44. The summed E-state index contributed by atoms with van der Waals surface area (Å²) in [5.41, 5.74) is 0.669. The Balaban J connectivity index is 1.81. The molecule has 2 aliphatic rings. The Kier molecular flexibility index (Phi) is 7.86. The van der Waals surface area contributed by atoms with Crippen LogP contribution in [0.2, 0.25) is 5.02 Å². The summed E-state index contributed by atoms with van der Waals surface area (Å²) in [7, 11) is 0. The van der Waals surface area contributed by atoms with E-state index in [1.165, 1.54) is 11.3 Å². The molecule has 1 saturated heterocycles. The zero-order valence-corrected chi connectivity index (χ0v) is 20.7. The van der Waals surface area contributed by atoms with E-state index >= 15 is 0 Å². The molecule has 0 amide bonds. The van der Waals surface area contributed by atoms with Crippen LogP contribution in [0.15, 0.2) is 52.3 Å². The number of carbonyl (C=O) groups is 2. The van der Waals surface area contributed by atoms with E-state index < -0.39 is 43.1 Å². The average molecular weight is 541 g/mol. The molecule has 1 aromatic carbocycles. The van der Waals surface area contributed by atoms with Crippen molar-refractivity contribution in [2.24, 2.45) is 4.99 Å². The Labute approximate surface area is 214 Å². The van der Waals surface area contributed by atoms with Gasteiger partial charge in [-0.25, -0.2) is 23.6 Å². The number of likely N-dealkylation sites (tertiary alicyclic amines) is 1. The third kappa shape index (κ3) is 5.82. The van der Waals surface area contributed by atoms with Crippen LogP contribution in [-0.4, -0.2) is 64.6 Å². The second kappa shape index (κ2) is 10.9. The number of nitrogens with one attached hydrogen (secondary N) is 1. The lowest BCUT2D eigenvalue weighted by Gasteiger charge is -2.38. The van der Waals surface area contributed by atoms with Gasteiger partial charge in [-0.3, -0.25) is 9.69 Å². The molecule has 2 aliphatic heterocycles. The number of carboxylic acid groups (broad SMARTS) is 1. The molecule has 0 bridgehead atoms. The van der Waals surface area contributed by atoms with Gasteiger partial charge in [0.15, 0.2) is 16.6 Å². The second-order valence-electron chi connectivity index (χ2n) is 8.15. The first-order valence-electron chi connectivity index (χ1n) is 11.1. The number of amidine groups is 1. The van der Waals surface area contributed by atoms with Crippen LogP contribution in [0.3, 0.4) is 0 Å². The minimum absolute atomic E-state index is 0.0279. The molecule has 4 rings (SSSR count). The molecule has 0 saturated carbocycles. The quantitative estimate of drug-likeness (QED) is 0.495. The highest BCUT2D eigenvalue weighted by Crippen LogP contribution is 2.38. The maximum Gasteiger partial charge on any atom is 0.513 e. The van der Waals surface area contributed by atoms with Gasteiger partial charge < -0.3 is 19.9 Å². The van der Waals surface area contributed by atoms with Gasteiger partial charge in [-0.05, 0) is 19.4 Å². The Bertz CT molecular complexity index is 1190. The van der Waals surface area contributed by atoms with Crippen molar-refractivity contribution >= 4 is 40.9 Å². The van der Waals surface area contributed by atoms with Crippen molar-refractivity contribution in [2.75, 3.05) is 19.7 Å². The fraction of sp³-hybridized carbons (Fsp3) is 0.391. The number of rotatable bonds is 7. The number of benzene rings is 1. The van der Waals surface area contributed by atoms with Crippen molar-refractivity contribution in [3.05, 3.63) is 62.9 Å². The first-order chi connectivity index (χ1) is 17.2. The Morgan fingerprint density at radius 2 is 2.14 bits per heavy atom. The molecule has 3 heterocycles. The lowest BCUT2D eigenvalue weighted by atomic mass is 9.97. The third-order valence-electron chi connectivity index (χ3n) is 5.67. The number of aromatic nitrogens is 1. The monoisotopic (exact) mass is 540 g/mol. The summed E-state index contributed by atoms with van der Waals surface area (Å²) in [5, 5.41) is 15.3. The number of hydrogen-bond donors (Lipinski definition) is 2. The molecular weight excluding hydrogens is 518 g/mol. The van der Waals surface area contributed by atoms with Crippen LogP contribution in [0.1, 0.15) is 36.4 Å². The number of halogens is 3. The largest absolute Gasteiger partial charge is 0.513 e.